The summed E-state index contributed by atoms with van der Waals surface area (Å²) in [5.74, 6) is 0.977. The second-order valence-electron chi connectivity index (χ2n) is 6.52. The number of carbonyl (C=O) groups is 1. The minimum absolute atomic E-state index is 0.119. The number of carboxylic acids is 1. The standard InChI is InChI=1S/C19H23NO5/c1-14-3-2-4-15(11-14)25-19(18(22)23)7-9-20(10-8-19)12-16-5-6-17(13-21)24-16/h2-6,11,21H,7-10,12-13H2,1H3,(H,22,23). The van der Waals surface area contributed by atoms with Crippen LogP contribution in [-0.4, -0.2) is 39.8 Å². The van der Waals surface area contributed by atoms with Crippen LogP contribution in [0.15, 0.2) is 40.8 Å². The Morgan fingerprint density at radius 2 is 1.96 bits per heavy atom. The normalized spacial score (nSPS) is 17.4. The molecule has 0 aliphatic carbocycles. The van der Waals surface area contributed by atoms with E-state index in [1.165, 1.54) is 0 Å². The number of piperidine rings is 1. The Morgan fingerprint density at radius 3 is 2.56 bits per heavy atom. The van der Waals surface area contributed by atoms with Crippen molar-refractivity contribution in [3.63, 3.8) is 0 Å². The summed E-state index contributed by atoms with van der Waals surface area (Å²) >= 11 is 0. The summed E-state index contributed by atoms with van der Waals surface area (Å²) in [7, 11) is 0. The molecule has 2 aromatic rings. The molecule has 3 rings (SSSR count). The molecule has 1 aliphatic heterocycles. The average molecular weight is 345 g/mol. The number of aliphatic hydroxyl groups is 1. The highest BCUT2D eigenvalue weighted by molar-refractivity contribution is 5.78. The van der Waals surface area contributed by atoms with E-state index in [9.17, 15) is 9.90 Å². The van der Waals surface area contributed by atoms with Crippen LogP contribution in [0.3, 0.4) is 0 Å². The first-order valence-electron chi connectivity index (χ1n) is 8.41. The minimum atomic E-state index is -1.19. The Bertz CT molecular complexity index is 731. The first-order chi connectivity index (χ1) is 12.0. The number of aliphatic carboxylic acids is 1. The van der Waals surface area contributed by atoms with Gasteiger partial charge in [-0.2, -0.15) is 0 Å². The summed E-state index contributed by atoms with van der Waals surface area (Å²) in [6.45, 7) is 3.64. The zero-order valence-corrected chi connectivity index (χ0v) is 14.3. The highest BCUT2D eigenvalue weighted by atomic mass is 16.5. The third kappa shape index (κ3) is 4.03. The maximum absolute atomic E-state index is 11.9. The van der Waals surface area contributed by atoms with Crippen molar-refractivity contribution in [1.29, 1.82) is 0 Å². The van der Waals surface area contributed by atoms with Crippen LogP contribution < -0.4 is 4.74 Å². The largest absolute Gasteiger partial charge is 0.478 e. The number of furan rings is 1. The smallest absolute Gasteiger partial charge is 0.348 e. The van der Waals surface area contributed by atoms with Crippen LogP contribution in [0.2, 0.25) is 0 Å². The molecule has 1 aromatic carbocycles. The predicted molar refractivity (Wildman–Crippen MR) is 91.3 cm³/mol. The fourth-order valence-corrected chi connectivity index (χ4v) is 3.15. The highest BCUT2D eigenvalue weighted by Crippen LogP contribution is 2.30. The van der Waals surface area contributed by atoms with Gasteiger partial charge in [-0.3, -0.25) is 4.90 Å². The van der Waals surface area contributed by atoms with Gasteiger partial charge in [0.2, 0.25) is 5.60 Å². The molecule has 0 amide bonds. The number of rotatable bonds is 6. The average Bonchev–Trinajstić information content (AvgIpc) is 3.04. The summed E-state index contributed by atoms with van der Waals surface area (Å²) in [5, 5.41) is 18.8. The van der Waals surface area contributed by atoms with Gasteiger partial charge in [-0.15, -0.1) is 0 Å². The van der Waals surface area contributed by atoms with Crippen molar-refractivity contribution in [2.75, 3.05) is 13.1 Å². The molecule has 1 saturated heterocycles. The van der Waals surface area contributed by atoms with E-state index >= 15 is 0 Å². The number of ether oxygens (including phenoxy) is 1. The van der Waals surface area contributed by atoms with Crippen LogP contribution >= 0.6 is 0 Å². The summed E-state index contributed by atoms with van der Waals surface area (Å²) in [6.07, 6.45) is 0.813. The van der Waals surface area contributed by atoms with Crippen LogP contribution in [0, 0.1) is 6.92 Å². The Hall–Kier alpha value is -2.31. The molecular formula is C19H23NO5. The van der Waals surface area contributed by atoms with Gasteiger partial charge in [0.15, 0.2) is 0 Å². The van der Waals surface area contributed by atoms with E-state index in [1.54, 1.807) is 12.1 Å². The molecular weight excluding hydrogens is 322 g/mol. The number of aryl methyl sites for hydroxylation is 1. The zero-order valence-electron chi connectivity index (χ0n) is 14.3. The number of benzene rings is 1. The van der Waals surface area contributed by atoms with Gasteiger partial charge in [0, 0.05) is 25.9 Å². The maximum Gasteiger partial charge on any atom is 0.348 e. The van der Waals surface area contributed by atoms with E-state index in [0.29, 0.717) is 44.0 Å². The lowest BCUT2D eigenvalue weighted by molar-refractivity contribution is -0.160. The van der Waals surface area contributed by atoms with Crippen molar-refractivity contribution < 1.29 is 24.2 Å². The van der Waals surface area contributed by atoms with E-state index in [2.05, 4.69) is 4.90 Å². The molecule has 0 bridgehead atoms. The molecule has 1 aliphatic rings. The molecule has 2 heterocycles. The SMILES string of the molecule is Cc1cccc(OC2(C(=O)O)CCN(Cc3ccc(CO)o3)CC2)c1. The Labute approximate surface area is 146 Å². The van der Waals surface area contributed by atoms with Crippen molar-refractivity contribution in [1.82, 2.24) is 4.90 Å². The lowest BCUT2D eigenvalue weighted by Gasteiger charge is -2.38. The first-order valence-corrected chi connectivity index (χ1v) is 8.41. The Morgan fingerprint density at radius 1 is 1.24 bits per heavy atom. The fourth-order valence-electron chi connectivity index (χ4n) is 3.15. The molecule has 25 heavy (non-hydrogen) atoms. The van der Waals surface area contributed by atoms with Gasteiger partial charge < -0.3 is 19.4 Å². The number of hydrogen-bond acceptors (Lipinski definition) is 5. The third-order valence-corrected chi connectivity index (χ3v) is 4.61. The molecule has 1 fully saturated rings. The first kappa shape index (κ1) is 17.5. The summed E-state index contributed by atoms with van der Waals surface area (Å²) in [4.78, 5) is 14.0. The quantitative estimate of drug-likeness (QED) is 0.837. The summed E-state index contributed by atoms with van der Waals surface area (Å²) in [6, 6.07) is 11.1. The molecule has 6 heteroatoms. The minimum Gasteiger partial charge on any atom is -0.478 e. The molecule has 2 N–H and O–H groups in total. The second kappa shape index (κ2) is 7.29. The van der Waals surface area contributed by atoms with Crippen molar-refractivity contribution in [2.45, 2.75) is 38.5 Å². The monoisotopic (exact) mass is 345 g/mol. The van der Waals surface area contributed by atoms with Crippen LogP contribution in [0.4, 0.5) is 0 Å². The fraction of sp³-hybridized carbons (Fsp3) is 0.421. The molecule has 0 saturated carbocycles. The van der Waals surface area contributed by atoms with Gasteiger partial charge in [-0.05, 0) is 36.8 Å². The second-order valence-corrected chi connectivity index (χ2v) is 6.52. The number of hydrogen-bond donors (Lipinski definition) is 2. The topological polar surface area (TPSA) is 83.1 Å². The molecule has 1 aromatic heterocycles. The van der Waals surface area contributed by atoms with Crippen molar-refractivity contribution in [3.8, 4) is 5.75 Å². The molecule has 0 atom stereocenters. The van der Waals surface area contributed by atoms with Crippen molar-refractivity contribution in [3.05, 3.63) is 53.5 Å². The van der Waals surface area contributed by atoms with Gasteiger partial charge in [-0.25, -0.2) is 4.79 Å². The van der Waals surface area contributed by atoms with Gasteiger partial charge in [0.25, 0.3) is 0 Å². The molecule has 0 spiro atoms. The highest BCUT2D eigenvalue weighted by Gasteiger charge is 2.44. The Kier molecular flexibility index (Phi) is 5.11. The lowest BCUT2D eigenvalue weighted by atomic mass is 9.91. The zero-order chi connectivity index (χ0) is 17.9. The van der Waals surface area contributed by atoms with Gasteiger partial charge in [-0.1, -0.05) is 12.1 Å². The van der Waals surface area contributed by atoms with E-state index in [-0.39, 0.29) is 6.61 Å². The third-order valence-electron chi connectivity index (χ3n) is 4.61. The predicted octanol–water partition coefficient (Wildman–Crippen LogP) is 2.58. The molecule has 134 valence electrons. The van der Waals surface area contributed by atoms with Gasteiger partial charge >= 0.3 is 5.97 Å². The molecule has 0 radical (unpaired) electrons. The summed E-state index contributed by atoms with van der Waals surface area (Å²) < 4.78 is 11.4. The summed E-state index contributed by atoms with van der Waals surface area (Å²) in [5.41, 5.74) is -0.156. The van der Waals surface area contributed by atoms with Crippen molar-refractivity contribution in [2.24, 2.45) is 0 Å². The van der Waals surface area contributed by atoms with Crippen LogP contribution in [0.1, 0.15) is 29.9 Å². The Balaban J connectivity index is 1.65. The molecule has 6 nitrogen and oxygen atoms in total. The number of aliphatic hydroxyl groups excluding tert-OH is 1. The van der Waals surface area contributed by atoms with E-state index < -0.39 is 11.6 Å². The van der Waals surface area contributed by atoms with Crippen LogP contribution in [-0.2, 0) is 17.9 Å². The van der Waals surface area contributed by atoms with Crippen molar-refractivity contribution >= 4 is 5.97 Å². The van der Waals surface area contributed by atoms with E-state index in [0.717, 1.165) is 11.3 Å². The van der Waals surface area contributed by atoms with Gasteiger partial charge in [0.1, 0.15) is 23.9 Å². The molecule has 0 unspecified atom stereocenters. The van der Waals surface area contributed by atoms with Gasteiger partial charge in [0.05, 0.1) is 6.54 Å². The van der Waals surface area contributed by atoms with Crippen LogP contribution in [0.5, 0.6) is 5.75 Å². The lowest BCUT2D eigenvalue weighted by Crippen LogP contribution is -2.53. The van der Waals surface area contributed by atoms with E-state index in [4.69, 9.17) is 14.3 Å². The number of nitrogens with zero attached hydrogens (tertiary/aromatic N) is 1. The number of carboxylic acid groups (broad SMARTS) is 1. The maximum atomic E-state index is 11.9. The van der Waals surface area contributed by atoms with E-state index in [1.807, 2.05) is 31.2 Å². The van der Waals surface area contributed by atoms with Crippen LogP contribution in [0.25, 0.3) is 0 Å². The number of likely N-dealkylation sites (tertiary alicyclic amines) is 1.